The van der Waals surface area contributed by atoms with Crippen molar-refractivity contribution in [1.29, 1.82) is 5.26 Å². The van der Waals surface area contributed by atoms with Crippen LogP contribution in [0.3, 0.4) is 0 Å². The summed E-state index contributed by atoms with van der Waals surface area (Å²) in [6, 6.07) is 7.77. The van der Waals surface area contributed by atoms with Crippen LogP contribution in [0.2, 0.25) is 0 Å². The van der Waals surface area contributed by atoms with Gasteiger partial charge in [-0.15, -0.1) is 0 Å². The second-order valence-corrected chi connectivity index (χ2v) is 4.60. The molecule has 1 N–H and O–H groups in total. The van der Waals surface area contributed by atoms with Crippen LogP contribution in [0.25, 0.3) is 0 Å². The van der Waals surface area contributed by atoms with Gasteiger partial charge in [0.1, 0.15) is 11.6 Å². The molecule has 0 saturated carbocycles. The molecule has 1 aromatic carbocycles. The van der Waals surface area contributed by atoms with Crippen LogP contribution in [0.15, 0.2) is 30.5 Å². The van der Waals surface area contributed by atoms with Gasteiger partial charge in [-0.2, -0.15) is 36.6 Å². The topological polar surface area (TPSA) is 70.8 Å². The van der Waals surface area contributed by atoms with Gasteiger partial charge in [0.05, 0.1) is 11.3 Å². The maximum absolute atomic E-state index is 12.8. The molecule has 1 aromatic heterocycles. The van der Waals surface area contributed by atoms with Crippen LogP contribution in [0, 0.1) is 11.3 Å². The van der Waals surface area contributed by atoms with E-state index in [0.29, 0.717) is 6.20 Å². The molecular weight excluding hydrogens is 354 g/mol. The maximum Gasteiger partial charge on any atom is 0.423 e. The monoisotopic (exact) mass is 362 g/mol. The second kappa shape index (κ2) is 6.84. The summed E-state index contributed by atoms with van der Waals surface area (Å²) in [6.45, 7) is -1.94. The predicted octanol–water partition coefficient (Wildman–Crippen LogP) is 4.05. The average Bonchev–Trinajstić information content (AvgIpc) is 2.52. The fourth-order valence-electron chi connectivity index (χ4n) is 1.69. The van der Waals surface area contributed by atoms with Crippen molar-refractivity contribution in [2.45, 2.75) is 12.4 Å². The number of benzene rings is 1. The summed E-state index contributed by atoms with van der Waals surface area (Å²) in [5.41, 5.74) is -1.23. The first kappa shape index (κ1) is 18.3. The van der Waals surface area contributed by atoms with Crippen LogP contribution in [-0.2, 0) is 6.18 Å². The van der Waals surface area contributed by atoms with Crippen molar-refractivity contribution < 1.29 is 31.1 Å². The highest BCUT2D eigenvalue weighted by Gasteiger charge is 2.38. The molecule has 0 saturated heterocycles. The minimum absolute atomic E-state index is 0.142. The van der Waals surface area contributed by atoms with Crippen LogP contribution in [0.5, 0.6) is 5.88 Å². The normalized spacial score (nSPS) is 11.7. The van der Waals surface area contributed by atoms with Gasteiger partial charge in [0.2, 0.25) is 11.8 Å². The third-order valence-electron chi connectivity index (χ3n) is 2.73. The number of anilines is 2. The third kappa shape index (κ3) is 4.97. The SMILES string of the molecule is N#Cc1ccccc1Nc1ncc(C(F)(F)F)c(OCC(F)(F)F)n1. The van der Waals surface area contributed by atoms with Gasteiger partial charge < -0.3 is 10.1 Å². The maximum atomic E-state index is 12.8. The Morgan fingerprint density at radius 1 is 1.12 bits per heavy atom. The highest BCUT2D eigenvalue weighted by atomic mass is 19.4. The molecule has 0 unspecified atom stereocenters. The van der Waals surface area contributed by atoms with Crippen LogP contribution in [-0.4, -0.2) is 22.8 Å². The van der Waals surface area contributed by atoms with E-state index in [1.54, 1.807) is 6.07 Å². The van der Waals surface area contributed by atoms with E-state index in [0.717, 1.165) is 0 Å². The molecule has 0 bridgehead atoms. The first-order valence-corrected chi connectivity index (χ1v) is 6.50. The van der Waals surface area contributed by atoms with Crippen molar-refractivity contribution >= 4 is 11.6 Å². The van der Waals surface area contributed by atoms with E-state index in [9.17, 15) is 26.3 Å². The molecule has 2 rings (SSSR count). The van der Waals surface area contributed by atoms with Crippen LogP contribution in [0.1, 0.15) is 11.1 Å². The largest absolute Gasteiger partial charge is 0.467 e. The first-order valence-electron chi connectivity index (χ1n) is 6.50. The number of ether oxygens (including phenoxy) is 1. The highest BCUT2D eigenvalue weighted by molar-refractivity contribution is 5.63. The number of halogens is 6. The lowest BCUT2D eigenvalue weighted by molar-refractivity contribution is -0.159. The van der Waals surface area contributed by atoms with E-state index < -0.39 is 36.4 Å². The first-order chi connectivity index (χ1) is 11.6. The zero-order chi connectivity index (χ0) is 18.7. The molecule has 132 valence electrons. The fraction of sp³-hybridized carbons (Fsp3) is 0.214. The van der Waals surface area contributed by atoms with E-state index in [1.165, 1.54) is 18.2 Å². The summed E-state index contributed by atoms with van der Waals surface area (Å²) in [7, 11) is 0. The molecule has 11 heteroatoms. The van der Waals surface area contributed by atoms with E-state index >= 15 is 0 Å². The smallest absolute Gasteiger partial charge is 0.423 e. The zero-order valence-electron chi connectivity index (χ0n) is 12.1. The van der Waals surface area contributed by atoms with E-state index in [4.69, 9.17) is 5.26 Å². The Morgan fingerprint density at radius 2 is 1.80 bits per heavy atom. The Morgan fingerprint density at radius 3 is 2.40 bits per heavy atom. The van der Waals surface area contributed by atoms with Crippen molar-refractivity contribution in [3.05, 3.63) is 41.6 Å². The lowest BCUT2D eigenvalue weighted by Crippen LogP contribution is -2.22. The number of para-hydroxylation sites is 1. The molecule has 0 aliphatic heterocycles. The summed E-state index contributed by atoms with van der Waals surface area (Å²) < 4.78 is 79.3. The van der Waals surface area contributed by atoms with Gasteiger partial charge in [0.15, 0.2) is 6.61 Å². The summed E-state index contributed by atoms with van der Waals surface area (Å²) in [4.78, 5) is 6.75. The number of hydrogen-bond donors (Lipinski definition) is 1. The number of aromatic nitrogens is 2. The van der Waals surface area contributed by atoms with Gasteiger partial charge in [-0.05, 0) is 12.1 Å². The summed E-state index contributed by atoms with van der Waals surface area (Å²) in [5, 5.41) is 11.4. The Balaban J connectivity index is 2.36. The molecular formula is C14H8F6N4O. The molecule has 0 radical (unpaired) electrons. The summed E-state index contributed by atoms with van der Waals surface area (Å²) in [6.07, 6.45) is -9.53. The molecule has 0 aliphatic rings. The average molecular weight is 362 g/mol. The fourth-order valence-corrected chi connectivity index (χ4v) is 1.69. The number of nitrogens with zero attached hydrogens (tertiary/aromatic N) is 3. The van der Waals surface area contributed by atoms with Crippen molar-refractivity contribution in [2.75, 3.05) is 11.9 Å². The summed E-state index contributed by atoms with van der Waals surface area (Å²) >= 11 is 0. The van der Waals surface area contributed by atoms with Crippen LogP contribution < -0.4 is 10.1 Å². The molecule has 0 fully saturated rings. The Labute approximate surface area is 136 Å². The van der Waals surface area contributed by atoms with Crippen molar-refractivity contribution in [1.82, 2.24) is 9.97 Å². The molecule has 0 spiro atoms. The van der Waals surface area contributed by atoms with Crippen LogP contribution in [0.4, 0.5) is 38.0 Å². The third-order valence-corrected chi connectivity index (χ3v) is 2.73. The van der Waals surface area contributed by atoms with E-state index in [1.807, 2.05) is 6.07 Å². The van der Waals surface area contributed by atoms with Gasteiger partial charge in [-0.3, -0.25) is 0 Å². The molecule has 0 aliphatic carbocycles. The van der Waals surface area contributed by atoms with Gasteiger partial charge in [0.25, 0.3) is 0 Å². The van der Waals surface area contributed by atoms with Crippen molar-refractivity contribution in [3.8, 4) is 11.9 Å². The van der Waals surface area contributed by atoms with Gasteiger partial charge in [0, 0.05) is 6.20 Å². The van der Waals surface area contributed by atoms with E-state index in [2.05, 4.69) is 20.0 Å². The Kier molecular flexibility index (Phi) is 5.01. The predicted molar refractivity (Wildman–Crippen MR) is 73.0 cm³/mol. The van der Waals surface area contributed by atoms with E-state index in [-0.39, 0.29) is 11.3 Å². The minimum atomic E-state index is -5.00. The Bertz CT molecular complexity index is 797. The number of nitrogens with one attached hydrogen (secondary N) is 1. The van der Waals surface area contributed by atoms with Gasteiger partial charge in [-0.25, -0.2) is 4.98 Å². The quantitative estimate of drug-likeness (QED) is 0.831. The van der Waals surface area contributed by atoms with Gasteiger partial charge >= 0.3 is 12.4 Å². The number of rotatable bonds is 4. The molecule has 1 heterocycles. The molecule has 0 atom stereocenters. The zero-order valence-corrected chi connectivity index (χ0v) is 12.1. The molecule has 25 heavy (non-hydrogen) atoms. The molecule has 0 amide bonds. The second-order valence-electron chi connectivity index (χ2n) is 4.60. The number of nitriles is 1. The molecule has 2 aromatic rings. The van der Waals surface area contributed by atoms with Crippen LogP contribution >= 0.6 is 0 Å². The van der Waals surface area contributed by atoms with Crippen molar-refractivity contribution in [2.24, 2.45) is 0 Å². The Hall–Kier alpha value is -3.03. The summed E-state index contributed by atoms with van der Waals surface area (Å²) in [5.74, 6) is -1.72. The lowest BCUT2D eigenvalue weighted by atomic mass is 10.2. The van der Waals surface area contributed by atoms with Crippen molar-refractivity contribution in [3.63, 3.8) is 0 Å². The standard InChI is InChI=1S/C14H8F6N4O/c15-13(16,17)7-25-11-9(14(18,19)20)6-22-12(24-11)23-10-4-2-1-3-8(10)5-21/h1-4,6H,7H2,(H,22,23,24). The van der Waals surface area contributed by atoms with Gasteiger partial charge in [-0.1, -0.05) is 12.1 Å². The highest BCUT2D eigenvalue weighted by Crippen LogP contribution is 2.36. The lowest BCUT2D eigenvalue weighted by Gasteiger charge is -2.15. The number of alkyl halides is 6. The molecule has 5 nitrogen and oxygen atoms in total. The number of hydrogen-bond acceptors (Lipinski definition) is 5. The minimum Gasteiger partial charge on any atom is -0.467 e.